The molecule has 118 valence electrons. The van der Waals surface area contributed by atoms with E-state index in [2.05, 4.69) is 10.1 Å². The van der Waals surface area contributed by atoms with Gasteiger partial charge in [0, 0.05) is 28.9 Å². The maximum Gasteiger partial charge on any atom is 0.133 e. The van der Waals surface area contributed by atoms with Gasteiger partial charge in [-0.15, -0.1) is 11.3 Å². The second-order valence-corrected chi connectivity index (χ2v) is 6.99. The lowest BCUT2D eigenvalue weighted by atomic mass is 9.99. The average molecular weight is 328 g/mol. The highest BCUT2D eigenvalue weighted by Gasteiger charge is 2.21. The molecule has 0 aliphatic heterocycles. The molecule has 6 heteroatoms. The summed E-state index contributed by atoms with van der Waals surface area (Å²) in [7, 11) is 0. The van der Waals surface area contributed by atoms with Crippen molar-refractivity contribution < 1.29 is 4.39 Å². The van der Waals surface area contributed by atoms with Crippen molar-refractivity contribution in [1.82, 2.24) is 14.8 Å². The van der Waals surface area contributed by atoms with Crippen LogP contribution in [0, 0.1) is 5.82 Å². The minimum Gasteiger partial charge on any atom is -0.327 e. The molecule has 1 aliphatic rings. The number of hydrogen-bond acceptors (Lipinski definition) is 4. The first-order valence-electron chi connectivity index (χ1n) is 7.69. The first-order chi connectivity index (χ1) is 11.2. The van der Waals surface area contributed by atoms with Crippen molar-refractivity contribution in [1.29, 1.82) is 0 Å². The molecule has 0 bridgehead atoms. The summed E-state index contributed by atoms with van der Waals surface area (Å²) in [5.74, 6) is -0.232. The molecular formula is C17H17FN4S. The summed E-state index contributed by atoms with van der Waals surface area (Å²) in [6, 6.07) is 7.26. The molecule has 0 saturated heterocycles. The number of nitrogens with zero attached hydrogens (tertiary/aromatic N) is 3. The Morgan fingerprint density at radius 2 is 2.30 bits per heavy atom. The number of hydrogen-bond donors (Lipinski definition) is 1. The standard InChI is InChI=1S/C17H17FN4S/c18-14-4-2-11(10-22-7-1-6-20-22)8-13(14)17-21-15-5-3-12(19)9-16(15)23-17/h1-2,4,6-8,12H,3,5,9-10,19H2/t12-/m0/s1. The smallest absolute Gasteiger partial charge is 0.133 e. The Morgan fingerprint density at radius 1 is 1.39 bits per heavy atom. The zero-order valence-electron chi connectivity index (χ0n) is 12.6. The van der Waals surface area contributed by atoms with Crippen molar-refractivity contribution in [3.63, 3.8) is 0 Å². The molecule has 0 saturated carbocycles. The number of rotatable bonds is 3. The molecule has 0 radical (unpaired) electrons. The van der Waals surface area contributed by atoms with Gasteiger partial charge in [0.2, 0.25) is 0 Å². The fraction of sp³-hybridized carbons (Fsp3) is 0.294. The SMILES string of the molecule is N[C@H]1CCc2nc(-c3cc(Cn4cccn4)ccc3F)sc2C1. The summed E-state index contributed by atoms with van der Waals surface area (Å²) in [4.78, 5) is 5.86. The fourth-order valence-electron chi connectivity index (χ4n) is 2.93. The van der Waals surface area contributed by atoms with Crippen molar-refractivity contribution in [2.45, 2.75) is 31.8 Å². The third-order valence-corrected chi connectivity index (χ3v) is 5.30. The van der Waals surface area contributed by atoms with Crippen molar-refractivity contribution >= 4 is 11.3 Å². The zero-order chi connectivity index (χ0) is 15.8. The van der Waals surface area contributed by atoms with E-state index in [1.807, 2.05) is 23.0 Å². The van der Waals surface area contributed by atoms with Crippen LogP contribution in [0.2, 0.25) is 0 Å². The van der Waals surface area contributed by atoms with E-state index in [1.54, 1.807) is 23.6 Å². The van der Waals surface area contributed by atoms with Crippen LogP contribution >= 0.6 is 11.3 Å². The summed E-state index contributed by atoms with van der Waals surface area (Å²) in [5.41, 5.74) is 8.69. The van der Waals surface area contributed by atoms with E-state index >= 15 is 0 Å². The number of benzene rings is 1. The third kappa shape index (κ3) is 2.92. The van der Waals surface area contributed by atoms with Gasteiger partial charge in [-0.25, -0.2) is 9.37 Å². The first kappa shape index (κ1) is 14.5. The molecule has 4 nitrogen and oxygen atoms in total. The molecule has 23 heavy (non-hydrogen) atoms. The maximum atomic E-state index is 14.3. The van der Waals surface area contributed by atoms with Gasteiger partial charge in [-0.3, -0.25) is 4.68 Å². The second kappa shape index (κ2) is 5.86. The second-order valence-electron chi connectivity index (χ2n) is 5.91. The highest BCUT2D eigenvalue weighted by molar-refractivity contribution is 7.15. The molecule has 4 rings (SSSR count). The zero-order valence-corrected chi connectivity index (χ0v) is 13.4. The molecule has 0 amide bonds. The molecule has 3 aromatic rings. The Kier molecular flexibility index (Phi) is 3.71. The number of thiazole rings is 1. The lowest BCUT2D eigenvalue weighted by molar-refractivity contribution is 0.576. The van der Waals surface area contributed by atoms with E-state index in [-0.39, 0.29) is 11.9 Å². The van der Waals surface area contributed by atoms with Gasteiger partial charge in [-0.1, -0.05) is 6.07 Å². The molecule has 0 fully saturated rings. The fourth-order valence-corrected chi connectivity index (χ4v) is 4.15. The van der Waals surface area contributed by atoms with Crippen molar-refractivity contribution in [3.05, 3.63) is 58.6 Å². The summed E-state index contributed by atoms with van der Waals surface area (Å²) < 4.78 is 16.1. The van der Waals surface area contributed by atoms with Gasteiger partial charge in [0.15, 0.2) is 0 Å². The quantitative estimate of drug-likeness (QED) is 0.804. The van der Waals surface area contributed by atoms with E-state index < -0.39 is 0 Å². The summed E-state index contributed by atoms with van der Waals surface area (Å²) >= 11 is 1.57. The van der Waals surface area contributed by atoms with Gasteiger partial charge in [-0.05, 0) is 43.0 Å². The summed E-state index contributed by atoms with van der Waals surface area (Å²) in [6.07, 6.45) is 6.33. The first-order valence-corrected chi connectivity index (χ1v) is 8.51. The van der Waals surface area contributed by atoms with Crippen LogP contribution in [0.1, 0.15) is 22.6 Å². The van der Waals surface area contributed by atoms with Gasteiger partial charge in [0.05, 0.1) is 12.2 Å². The van der Waals surface area contributed by atoms with Gasteiger partial charge in [0.25, 0.3) is 0 Å². The van der Waals surface area contributed by atoms with E-state index in [0.29, 0.717) is 12.1 Å². The molecule has 2 N–H and O–H groups in total. The van der Waals surface area contributed by atoms with Crippen LogP contribution in [0.25, 0.3) is 10.6 Å². The highest BCUT2D eigenvalue weighted by Crippen LogP contribution is 2.34. The number of nitrogens with two attached hydrogens (primary N) is 1. The highest BCUT2D eigenvalue weighted by atomic mass is 32.1. The lowest BCUT2D eigenvalue weighted by Crippen LogP contribution is -2.26. The third-order valence-electron chi connectivity index (χ3n) is 4.14. The number of aromatic nitrogens is 3. The molecule has 1 atom stereocenters. The molecule has 2 aromatic heterocycles. The lowest BCUT2D eigenvalue weighted by Gasteiger charge is -2.15. The van der Waals surface area contributed by atoms with Crippen molar-refractivity contribution in [3.8, 4) is 10.6 Å². The van der Waals surface area contributed by atoms with Crippen LogP contribution in [0.4, 0.5) is 4.39 Å². The molecule has 0 unspecified atom stereocenters. The molecular weight excluding hydrogens is 311 g/mol. The Balaban J connectivity index is 1.68. The van der Waals surface area contributed by atoms with Gasteiger partial charge >= 0.3 is 0 Å². The van der Waals surface area contributed by atoms with Crippen LogP contribution in [0.15, 0.2) is 36.7 Å². The summed E-state index contributed by atoms with van der Waals surface area (Å²) in [6.45, 7) is 0.621. The monoisotopic (exact) mass is 328 g/mol. The topological polar surface area (TPSA) is 56.7 Å². The Hall–Kier alpha value is -2.05. The number of halogens is 1. The minimum absolute atomic E-state index is 0.201. The number of fused-ring (bicyclic) bond motifs is 1. The number of aryl methyl sites for hydroxylation is 1. The molecule has 0 spiro atoms. The predicted molar refractivity (Wildman–Crippen MR) is 88.8 cm³/mol. The van der Waals surface area contributed by atoms with Crippen LogP contribution in [0.3, 0.4) is 0 Å². The maximum absolute atomic E-state index is 14.3. The van der Waals surface area contributed by atoms with Crippen molar-refractivity contribution in [2.24, 2.45) is 5.73 Å². The van der Waals surface area contributed by atoms with Gasteiger partial charge in [-0.2, -0.15) is 5.10 Å². The minimum atomic E-state index is -0.232. The van der Waals surface area contributed by atoms with Crippen LogP contribution in [-0.2, 0) is 19.4 Å². The van der Waals surface area contributed by atoms with Crippen LogP contribution < -0.4 is 5.73 Å². The van der Waals surface area contributed by atoms with Crippen LogP contribution in [-0.4, -0.2) is 20.8 Å². The Bertz CT molecular complexity index is 825. The molecule has 1 aliphatic carbocycles. The normalized spacial score (nSPS) is 17.2. The van der Waals surface area contributed by atoms with E-state index in [4.69, 9.17) is 5.73 Å². The Labute approximate surface area is 137 Å². The van der Waals surface area contributed by atoms with E-state index in [0.717, 1.165) is 35.5 Å². The molecule has 1 aromatic carbocycles. The van der Waals surface area contributed by atoms with Crippen molar-refractivity contribution in [2.75, 3.05) is 0 Å². The van der Waals surface area contributed by atoms with E-state index in [1.165, 1.54) is 10.9 Å². The largest absolute Gasteiger partial charge is 0.327 e. The Morgan fingerprint density at radius 3 is 3.13 bits per heavy atom. The van der Waals surface area contributed by atoms with E-state index in [9.17, 15) is 4.39 Å². The molecule has 2 heterocycles. The van der Waals surface area contributed by atoms with Gasteiger partial charge < -0.3 is 5.73 Å². The predicted octanol–water partition coefficient (Wildman–Crippen LogP) is 3.01. The summed E-state index contributed by atoms with van der Waals surface area (Å²) in [5, 5.41) is 4.95. The van der Waals surface area contributed by atoms with Crippen LogP contribution in [0.5, 0.6) is 0 Å². The average Bonchev–Trinajstić information content (AvgIpc) is 3.18. The van der Waals surface area contributed by atoms with Gasteiger partial charge in [0.1, 0.15) is 10.8 Å².